The highest BCUT2D eigenvalue weighted by Crippen LogP contribution is 2.34. The first kappa shape index (κ1) is 21.0. The van der Waals surface area contributed by atoms with E-state index in [9.17, 15) is 5.11 Å². The molecule has 0 aliphatic heterocycles. The van der Waals surface area contributed by atoms with Crippen molar-refractivity contribution in [1.82, 2.24) is 0 Å². The number of unbranched alkanes of at least 4 members (excludes halogenated alkanes) is 4. The van der Waals surface area contributed by atoms with E-state index >= 15 is 0 Å². The molecule has 2 aromatic rings. The number of phenols is 1. The van der Waals surface area contributed by atoms with Crippen molar-refractivity contribution in [3.63, 3.8) is 0 Å². The fraction of sp³-hybridized carbons (Fsp3) is 0.556. The molecule has 0 unspecified atom stereocenters. The third-order valence-electron chi connectivity index (χ3n) is 6.68. The van der Waals surface area contributed by atoms with Gasteiger partial charge >= 0.3 is 0 Å². The highest BCUT2D eigenvalue weighted by Gasteiger charge is 2.20. The smallest absolute Gasteiger partial charge is 0.115 e. The summed E-state index contributed by atoms with van der Waals surface area (Å²) in [4.78, 5) is 0. The van der Waals surface area contributed by atoms with Crippen molar-refractivity contribution < 1.29 is 5.11 Å². The summed E-state index contributed by atoms with van der Waals surface area (Å²) >= 11 is 0. The molecule has 2 aromatic carbocycles. The zero-order valence-electron chi connectivity index (χ0n) is 17.7. The molecule has 1 aliphatic rings. The molecule has 0 amide bonds. The van der Waals surface area contributed by atoms with Gasteiger partial charge in [-0.1, -0.05) is 108 Å². The van der Waals surface area contributed by atoms with E-state index < -0.39 is 0 Å². The number of rotatable bonds is 10. The highest BCUT2D eigenvalue weighted by molar-refractivity contribution is 5.64. The minimum atomic E-state index is 0.326. The van der Waals surface area contributed by atoms with Crippen LogP contribution in [0.4, 0.5) is 0 Å². The first-order chi connectivity index (χ1) is 13.7. The summed E-state index contributed by atoms with van der Waals surface area (Å²) in [6, 6.07) is 16.5. The Morgan fingerprint density at radius 2 is 1.21 bits per heavy atom. The summed E-state index contributed by atoms with van der Waals surface area (Å²) in [6.07, 6.45) is 17.0. The third kappa shape index (κ3) is 6.69. The fourth-order valence-electron chi connectivity index (χ4n) is 4.73. The van der Waals surface area contributed by atoms with E-state index in [4.69, 9.17) is 0 Å². The Hall–Kier alpha value is -1.76. The lowest BCUT2D eigenvalue weighted by atomic mass is 9.77. The van der Waals surface area contributed by atoms with Crippen LogP contribution in [0.5, 0.6) is 5.75 Å². The lowest BCUT2D eigenvalue weighted by Crippen LogP contribution is -2.15. The summed E-state index contributed by atoms with van der Waals surface area (Å²) in [5.74, 6) is 2.28. The molecule has 0 radical (unpaired) electrons. The fourth-order valence-corrected chi connectivity index (χ4v) is 4.73. The molecule has 1 heteroatoms. The van der Waals surface area contributed by atoms with Crippen molar-refractivity contribution in [3.05, 3.63) is 54.1 Å². The quantitative estimate of drug-likeness (QED) is 0.413. The molecule has 1 nitrogen and oxygen atoms in total. The molecule has 1 aliphatic carbocycles. The molecule has 1 saturated carbocycles. The van der Waals surface area contributed by atoms with Crippen LogP contribution < -0.4 is 0 Å². The number of aryl methyl sites for hydroxylation is 1. The molecule has 0 saturated heterocycles. The maximum absolute atomic E-state index is 9.43. The minimum absolute atomic E-state index is 0.326. The Kier molecular flexibility index (Phi) is 8.45. The Morgan fingerprint density at radius 1 is 0.679 bits per heavy atom. The predicted octanol–water partition coefficient (Wildman–Crippen LogP) is 8.16. The van der Waals surface area contributed by atoms with Crippen molar-refractivity contribution in [3.8, 4) is 16.9 Å². The van der Waals surface area contributed by atoms with E-state index in [-0.39, 0.29) is 0 Å². The van der Waals surface area contributed by atoms with E-state index in [1.807, 2.05) is 12.1 Å². The van der Waals surface area contributed by atoms with Gasteiger partial charge in [0.1, 0.15) is 5.75 Å². The van der Waals surface area contributed by atoms with Gasteiger partial charge in [-0.25, -0.2) is 0 Å². The Morgan fingerprint density at radius 3 is 1.82 bits per heavy atom. The average Bonchev–Trinajstić information content (AvgIpc) is 2.74. The van der Waals surface area contributed by atoms with E-state index in [2.05, 4.69) is 31.2 Å². The van der Waals surface area contributed by atoms with Crippen LogP contribution in [0, 0.1) is 11.8 Å². The second-order valence-corrected chi connectivity index (χ2v) is 8.87. The summed E-state index contributed by atoms with van der Waals surface area (Å²) in [5.41, 5.74) is 3.85. The summed E-state index contributed by atoms with van der Waals surface area (Å²) in [6.45, 7) is 2.30. The molecule has 0 bridgehead atoms. The second-order valence-electron chi connectivity index (χ2n) is 8.87. The maximum Gasteiger partial charge on any atom is 0.115 e. The Balaban J connectivity index is 1.35. The monoisotopic (exact) mass is 378 g/mol. The molecule has 0 atom stereocenters. The van der Waals surface area contributed by atoms with Crippen LogP contribution in [0.1, 0.15) is 83.1 Å². The van der Waals surface area contributed by atoms with Gasteiger partial charge in [-0.2, -0.15) is 0 Å². The van der Waals surface area contributed by atoms with Gasteiger partial charge in [-0.15, -0.1) is 0 Å². The van der Waals surface area contributed by atoms with Gasteiger partial charge in [0.05, 0.1) is 0 Å². The molecule has 0 heterocycles. The first-order valence-electron chi connectivity index (χ1n) is 11.6. The largest absolute Gasteiger partial charge is 0.508 e. The predicted molar refractivity (Wildman–Crippen MR) is 121 cm³/mol. The lowest BCUT2D eigenvalue weighted by molar-refractivity contribution is 0.249. The van der Waals surface area contributed by atoms with Gasteiger partial charge in [-0.3, -0.25) is 0 Å². The van der Waals surface area contributed by atoms with Gasteiger partial charge < -0.3 is 5.11 Å². The van der Waals surface area contributed by atoms with Crippen molar-refractivity contribution in [2.24, 2.45) is 11.8 Å². The van der Waals surface area contributed by atoms with Gasteiger partial charge in [0.2, 0.25) is 0 Å². The van der Waals surface area contributed by atoms with Gasteiger partial charge in [-0.05, 0) is 53.5 Å². The molecule has 0 aromatic heterocycles. The Bertz CT molecular complexity index is 662. The van der Waals surface area contributed by atoms with Crippen LogP contribution in [0.15, 0.2) is 48.5 Å². The summed E-state index contributed by atoms with van der Waals surface area (Å²) in [7, 11) is 0. The van der Waals surface area contributed by atoms with Gasteiger partial charge in [0.25, 0.3) is 0 Å². The SMILES string of the molecule is CCCCCCC[C@H]1CC[C@H](CCc2ccc(-c3ccc(O)cc3)cc2)CC1. The third-order valence-corrected chi connectivity index (χ3v) is 6.68. The molecule has 28 heavy (non-hydrogen) atoms. The maximum atomic E-state index is 9.43. The first-order valence-corrected chi connectivity index (χ1v) is 11.6. The zero-order chi connectivity index (χ0) is 19.6. The van der Waals surface area contributed by atoms with Gasteiger partial charge in [0.15, 0.2) is 0 Å². The molecule has 1 fully saturated rings. The molecular formula is C27H38O. The van der Waals surface area contributed by atoms with E-state index in [0.29, 0.717) is 5.75 Å². The molecule has 1 N–H and O–H groups in total. The second kappa shape index (κ2) is 11.3. The van der Waals surface area contributed by atoms with E-state index in [1.54, 1.807) is 12.1 Å². The number of aromatic hydroxyl groups is 1. The van der Waals surface area contributed by atoms with Crippen molar-refractivity contribution in [2.45, 2.75) is 84.0 Å². The van der Waals surface area contributed by atoms with Crippen molar-refractivity contribution in [1.29, 1.82) is 0 Å². The molecule has 3 rings (SSSR count). The topological polar surface area (TPSA) is 20.2 Å². The van der Waals surface area contributed by atoms with Gasteiger partial charge in [0, 0.05) is 0 Å². The minimum Gasteiger partial charge on any atom is -0.508 e. The summed E-state index contributed by atoms with van der Waals surface area (Å²) in [5, 5.41) is 9.43. The normalized spacial score (nSPS) is 19.6. The number of benzene rings is 2. The zero-order valence-corrected chi connectivity index (χ0v) is 17.7. The van der Waals surface area contributed by atoms with Crippen LogP contribution in [0.2, 0.25) is 0 Å². The number of hydrogen-bond donors (Lipinski definition) is 1. The standard InChI is InChI=1S/C27H38O/c1-2-3-4-5-6-7-22-8-10-23(11-9-22)12-13-24-14-16-25(17-15-24)26-18-20-27(28)21-19-26/h14-23,28H,2-13H2,1H3/t22-,23-. The van der Waals surface area contributed by atoms with Crippen molar-refractivity contribution >= 4 is 0 Å². The van der Waals surface area contributed by atoms with Crippen LogP contribution in [0.3, 0.4) is 0 Å². The van der Waals surface area contributed by atoms with Crippen LogP contribution in [0.25, 0.3) is 11.1 Å². The Labute approximate surface area is 172 Å². The molecule has 0 spiro atoms. The number of phenolic OH excluding ortho intramolecular Hbond substituents is 1. The van der Waals surface area contributed by atoms with E-state index in [0.717, 1.165) is 17.4 Å². The van der Waals surface area contributed by atoms with Crippen LogP contribution in [-0.4, -0.2) is 5.11 Å². The molecule has 152 valence electrons. The van der Waals surface area contributed by atoms with Crippen LogP contribution in [-0.2, 0) is 6.42 Å². The van der Waals surface area contributed by atoms with E-state index in [1.165, 1.54) is 88.2 Å². The lowest BCUT2D eigenvalue weighted by Gasteiger charge is -2.28. The average molecular weight is 379 g/mol. The van der Waals surface area contributed by atoms with Crippen LogP contribution >= 0.6 is 0 Å². The number of hydrogen-bond acceptors (Lipinski definition) is 1. The molecular weight excluding hydrogens is 340 g/mol. The summed E-state index contributed by atoms with van der Waals surface area (Å²) < 4.78 is 0. The highest BCUT2D eigenvalue weighted by atomic mass is 16.3. The van der Waals surface area contributed by atoms with Crippen molar-refractivity contribution in [2.75, 3.05) is 0 Å².